The van der Waals surface area contributed by atoms with E-state index in [1.807, 2.05) is 42.5 Å². The first-order valence-corrected chi connectivity index (χ1v) is 7.96. The summed E-state index contributed by atoms with van der Waals surface area (Å²) >= 11 is 0. The van der Waals surface area contributed by atoms with Gasteiger partial charge < -0.3 is 10.4 Å². The molecule has 0 bridgehead atoms. The lowest BCUT2D eigenvalue weighted by atomic mass is 10.1. The third-order valence-electron chi connectivity index (χ3n) is 4.00. The van der Waals surface area contributed by atoms with Gasteiger partial charge in [-0.05, 0) is 30.7 Å². The lowest BCUT2D eigenvalue weighted by Crippen LogP contribution is -2.29. The molecule has 0 aliphatic rings. The summed E-state index contributed by atoms with van der Waals surface area (Å²) in [5.74, 6) is -0.815. The molecule has 2 N–H and O–H groups in total. The molecule has 1 unspecified atom stereocenters. The van der Waals surface area contributed by atoms with E-state index < -0.39 is 12.0 Å². The Morgan fingerprint density at radius 3 is 2.70 bits per heavy atom. The molecule has 1 heterocycles. The van der Waals surface area contributed by atoms with Crippen LogP contribution in [0.2, 0.25) is 0 Å². The molecule has 3 rings (SSSR count). The lowest BCUT2D eigenvalue weighted by molar-refractivity contribution is -0.138. The summed E-state index contributed by atoms with van der Waals surface area (Å²) in [7, 11) is 0. The van der Waals surface area contributed by atoms with Gasteiger partial charge >= 0.3 is 5.97 Å². The number of hydrogen-bond acceptors (Lipinski definition) is 3. The Morgan fingerprint density at radius 2 is 1.91 bits per heavy atom. The molecule has 0 amide bonds. The standard InChI is InChI=1S/C19H20N2O2/c1-2-3-7-17(19(22)23)20-15-10-9-14-11-13-6-4-5-8-16(13)21-18(14)12-15/h4-6,8-12,17,20H,2-3,7H2,1H3,(H,22,23). The van der Waals surface area contributed by atoms with E-state index in [0.29, 0.717) is 6.42 Å². The summed E-state index contributed by atoms with van der Waals surface area (Å²) in [6.07, 6.45) is 2.49. The number of carboxylic acids is 1. The maximum Gasteiger partial charge on any atom is 0.326 e. The number of carboxylic acid groups (broad SMARTS) is 1. The molecule has 1 aromatic heterocycles. The highest BCUT2D eigenvalue weighted by Crippen LogP contribution is 2.23. The van der Waals surface area contributed by atoms with E-state index in [2.05, 4.69) is 23.3 Å². The third-order valence-corrected chi connectivity index (χ3v) is 4.00. The fraction of sp³-hybridized carbons (Fsp3) is 0.263. The number of carbonyl (C=O) groups is 1. The number of rotatable bonds is 6. The van der Waals surface area contributed by atoms with Gasteiger partial charge in [0.15, 0.2) is 0 Å². The van der Waals surface area contributed by atoms with E-state index in [0.717, 1.165) is 40.3 Å². The smallest absolute Gasteiger partial charge is 0.326 e. The van der Waals surface area contributed by atoms with Gasteiger partial charge in [0.25, 0.3) is 0 Å². The number of fused-ring (bicyclic) bond motifs is 2. The van der Waals surface area contributed by atoms with Crippen LogP contribution in [0.15, 0.2) is 48.5 Å². The zero-order chi connectivity index (χ0) is 16.2. The number of unbranched alkanes of at least 4 members (excludes halogenated alkanes) is 1. The van der Waals surface area contributed by atoms with Crippen molar-refractivity contribution in [2.45, 2.75) is 32.2 Å². The second-order valence-corrected chi connectivity index (χ2v) is 5.77. The van der Waals surface area contributed by atoms with Crippen LogP contribution in [0.1, 0.15) is 26.2 Å². The topological polar surface area (TPSA) is 62.2 Å². The van der Waals surface area contributed by atoms with E-state index >= 15 is 0 Å². The molecule has 118 valence electrons. The highest BCUT2D eigenvalue weighted by molar-refractivity contribution is 5.94. The fourth-order valence-electron chi connectivity index (χ4n) is 2.73. The predicted octanol–water partition coefficient (Wildman–Crippen LogP) is 4.44. The second-order valence-electron chi connectivity index (χ2n) is 5.77. The van der Waals surface area contributed by atoms with Crippen LogP contribution >= 0.6 is 0 Å². The van der Waals surface area contributed by atoms with Gasteiger partial charge in [0, 0.05) is 16.5 Å². The highest BCUT2D eigenvalue weighted by Gasteiger charge is 2.16. The van der Waals surface area contributed by atoms with Gasteiger partial charge in [-0.25, -0.2) is 9.78 Å². The van der Waals surface area contributed by atoms with Crippen LogP contribution in [0.5, 0.6) is 0 Å². The van der Waals surface area contributed by atoms with Crippen molar-refractivity contribution in [3.8, 4) is 0 Å². The van der Waals surface area contributed by atoms with E-state index in [1.165, 1.54) is 0 Å². The Labute approximate surface area is 135 Å². The van der Waals surface area contributed by atoms with E-state index in [4.69, 9.17) is 0 Å². The van der Waals surface area contributed by atoms with Gasteiger partial charge in [-0.1, -0.05) is 44.0 Å². The number of aromatic nitrogens is 1. The number of nitrogens with zero attached hydrogens (tertiary/aromatic N) is 1. The Morgan fingerprint density at radius 1 is 1.13 bits per heavy atom. The quantitative estimate of drug-likeness (QED) is 0.661. The van der Waals surface area contributed by atoms with Crippen molar-refractivity contribution in [3.05, 3.63) is 48.5 Å². The number of nitrogens with one attached hydrogen (secondary N) is 1. The maximum atomic E-state index is 11.4. The molecule has 4 nitrogen and oxygen atoms in total. The number of benzene rings is 2. The normalized spacial score (nSPS) is 12.4. The number of pyridine rings is 1. The van der Waals surface area contributed by atoms with Crippen molar-refractivity contribution in [2.75, 3.05) is 5.32 Å². The van der Waals surface area contributed by atoms with Crippen LogP contribution in [-0.4, -0.2) is 22.1 Å². The van der Waals surface area contributed by atoms with Gasteiger partial charge in [-0.3, -0.25) is 0 Å². The number of hydrogen-bond donors (Lipinski definition) is 2. The summed E-state index contributed by atoms with van der Waals surface area (Å²) in [5, 5.41) is 14.6. The van der Waals surface area contributed by atoms with E-state index in [9.17, 15) is 9.90 Å². The molecular weight excluding hydrogens is 288 g/mol. The van der Waals surface area contributed by atoms with Crippen molar-refractivity contribution in [2.24, 2.45) is 0 Å². The Kier molecular flexibility index (Phi) is 4.42. The lowest BCUT2D eigenvalue weighted by Gasteiger charge is -2.15. The zero-order valence-corrected chi connectivity index (χ0v) is 13.1. The molecule has 0 saturated carbocycles. The molecule has 23 heavy (non-hydrogen) atoms. The van der Waals surface area contributed by atoms with Gasteiger partial charge in [-0.2, -0.15) is 0 Å². The average Bonchev–Trinajstić information content (AvgIpc) is 2.56. The Bertz CT molecular complexity index is 845. The minimum Gasteiger partial charge on any atom is -0.480 e. The predicted molar refractivity (Wildman–Crippen MR) is 93.8 cm³/mol. The van der Waals surface area contributed by atoms with Crippen molar-refractivity contribution in [1.29, 1.82) is 0 Å². The summed E-state index contributed by atoms with van der Waals surface area (Å²) in [6.45, 7) is 2.06. The van der Waals surface area contributed by atoms with Crippen molar-refractivity contribution >= 4 is 33.5 Å². The second kappa shape index (κ2) is 6.65. The SMILES string of the molecule is CCCCC(Nc1ccc2cc3ccccc3nc2c1)C(=O)O. The molecule has 3 aromatic rings. The largest absolute Gasteiger partial charge is 0.480 e. The summed E-state index contributed by atoms with van der Waals surface area (Å²) in [6, 6.07) is 15.3. The molecule has 4 heteroatoms. The molecule has 2 aromatic carbocycles. The minimum atomic E-state index is -0.815. The van der Waals surface area contributed by atoms with Crippen LogP contribution < -0.4 is 5.32 Å². The van der Waals surface area contributed by atoms with Gasteiger partial charge in [0.2, 0.25) is 0 Å². The molecule has 0 saturated heterocycles. The van der Waals surface area contributed by atoms with Crippen LogP contribution in [-0.2, 0) is 4.79 Å². The first kappa shape index (κ1) is 15.3. The number of anilines is 1. The molecule has 0 aliphatic carbocycles. The third kappa shape index (κ3) is 3.42. The van der Waals surface area contributed by atoms with Crippen molar-refractivity contribution < 1.29 is 9.90 Å². The number of para-hydroxylation sites is 1. The monoisotopic (exact) mass is 308 g/mol. The molecule has 0 spiro atoms. The molecular formula is C19H20N2O2. The first-order valence-electron chi connectivity index (χ1n) is 7.96. The van der Waals surface area contributed by atoms with E-state index in [1.54, 1.807) is 0 Å². The minimum absolute atomic E-state index is 0.562. The van der Waals surface area contributed by atoms with Gasteiger partial charge in [0.1, 0.15) is 6.04 Å². The molecule has 0 radical (unpaired) electrons. The van der Waals surface area contributed by atoms with Crippen LogP contribution in [0.3, 0.4) is 0 Å². The van der Waals surface area contributed by atoms with Crippen LogP contribution in [0, 0.1) is 0 Å². The van der Waals surface area contributed by atoms with Crippen molar-refractivity contribution in [3.63, 3.8) is 0 Å². The zero-order valence-electron chi connectivity index (χ0n) is 13.1. The van der Waals surface area contributed by atoms with Gasteiger partial charge in [0.05, 0.1) is 11.0 Å². The maximum absolute atomic E-state index is 11.4. The van der Waals surface area contributed by atoms with Crippen molar-refractivity contribution in [1.82, 2.24) is 4.98 Å². The fourth-order valence-corrected chi connectivity index (χ4v) is 2.73. The van der Waals surface area contributed by atoms with Crippen LogP contribution in [0.25, 0.3) is 21.8 Å². The summed E-state index contributed by atoms with van der Waals surface area (Å²) < 4.78 is 0. The Balaban J connectivity index is 1.92. The summed E-state index contributed by atoms with van der Waals surface area (Å²) in [5.41, 5.74) is 2.61. The number of aliphatic carboxylic acids is 1. The summed E-state index contributed by atoms with van der Waals surface area (Å²) in [4.78, 5) is 16.0. The van der Waals surface area contributed by atoms with Gasteiger partial charge in [-0.15, -0.1) is 0 Å². The molecule has 1 atom stereocenters. The highest BCUT2D eigenvalue weighted by atomic mass is 16.4. The molecule has 0 fully saturated rings. The first-order chi connectivity index (χ1) is 11.2. The van der Waals surface area contributed by atoms with E-state index in [-0.39, 0.29) is 0 Å². The van der Waals surface area contributed by atoms with Crippen LogP contribution in [0.4, 0.5) is 5.69 Å². The molecule has 0 aliphatic heterocycles. The average molecular weight is 308 g/mol. The Hall–Kier alpha value is -2.62.